The molecule has 0 unspecified atom stereocenters. The van der Waals surface area contributed by atoms with Crippen LogP contribution < -0.4 is 14.8 Å². The third-order valence-corrected chi connectivity index (χ3v) is 6.51. The summed E-state index contributed by atoms with van der Waals surface area (Å²) in [4.78, 5) is 33.6. The van der Waals surface area contributed by atoms with E-state index in [1.165, 1.54) is 48.1 Å². The van der Waals surface area contributed by atoms with Crippen molar-refractivity contribution in [3.63, 3.8) is 0 Å². The summed E-state index contributed by atoms with van der Waals surface area (Å²) in [6.07, 6.45) is 3.24. The first-order chi connectivity index (χ1) is 20.0. The number of nitrogens with zero attached hydrogens (tertiary/aromatic N) is 5. The topological polar surface area (TPSA) is 111 Å². The lowest BCUT2D eigenvalue weighted by Gasteiger charge is -2.31. The van der Waals surface area contributed by atoms with Crippen molar-refractivity contribution in [2.75, 3.05) is 19.5 Å². The maximum Gasteiger partial charge on any atom is 0.251 e. The molecule has 3 aromatic carbocycles. The summed E-state index contributed by atoms with van der Waals surface area (Å²) in [7, 11) is 3.00. The van der Waals surface area contributed by atoms with Gasteiger partial charge in [0, 0.05) is 25.0 Å². The van der Waals surface area contributed by atoms with Crippen LogP contribution in [0.5, 0.6) is 11.5 Å². The Balaban J connectivity index is 1.55. The number of rotatable bonds is 10. The molecule has 5 rings (SSSR count). The zero-order valence-electron chi connectivity index (χ0n) is 22.4. The smallest absolute Gasteiger partial charge is 0.251 e. The molecule has 0 bridgehead atoms. The molecule has 2 aromatic heterocycles. The highest BCUT2D eigenvalue weighted by atomic mass is 19.1. The van der Waals surface area contributed by atoms with Crippen molar-refractivity contribution in [2.24, 2.45) is 0 Å². The summed E-state index contributed by atoms with van der Waals surface area (Å²) >= 11 is 0. The third-order valence-electron chi connectivity index (χ3n) is 6.51. The van der Waals surface area contributed by atoms with Crippen LogP contribution in [0.25, 0.3) is 11.0 Å². The van der Waals surface area contributed by atoms with E-state index in [1.54, 1.807) is 42.7 Å². The number of hydrogen-bond donors (Lipinski definition) is 1. The number of benzene rings is 3. The lowest BCUT2D eigenvalue weighted by Crippen LogP contribution is -2.42. The molecule has 208 valence electrons. The van der Waals surface area contributed by atoms with Crippen LogP contribution in [0.3, 0.4) is 0 Å². The summed E-state index contributed by atoms with van der Waals surface area (Å²) in [6, 6.07) is 20.1. The van der Waals surface area contributed by atoms with E-state index >= 15 is 0 Å². The van der Waals surface area contributed by atoms with Crippen LogP contribution in [-0.4, -0.2) is 50.9 Å². The van der Waals surface area contributed by atoms with Gasteiger partial charge in [0.25, 0.3) is 5.91 Å². The average molecular weight is 555 g/mol. The fourth-order valence-electron chi connectivity index (χ4n) is 4.49. The second-order valence-corrected chi connectivity index (χ2v) is 9.13. The monoisotopic (exact) mass is 554 g/mol. The van der Waals surface area contributed by atoms with Crippen LogP contribution in [0.15, 0.2) is 91.3 Å². The number of ether oxygens (including phenoxy) is 2. The van der Waals surface area contributed by atoms with Gasteiger partial charge in [0.2, 0.25) is 5.91 Å². The van der Waals surface area contributed by atoms with Gasteiger partial charge in [-0.25, -0.2) is 9.07 Å². The quantitative estimate of drug-likeness (QED) is 0.273. The van der Waals surface area contributed by atoms with Crippen molar-refractivity contribution in [2.45, 2.75) is 19.1 Å². The van der Waals surface area contributed by atoms with Crippen molar-refractivity contribution in [3.8, 4) is 11.5 Å². The Bertz CT molecular complexity index is 1660. The van der Waals surface area contributed by atoms with E-state index in [0.717, 1.165) is 0 Å². The molecule has 0 aliphatic carbocycles. The van der Waals surface area contributed by atoms with E-state index in [2.05, 4.69) is 20.6 Å². The molecule has 2 heterocycles. The molecule has 0 aliphatic rings. The van der Waals surface area contributed by atoms with Crippen LogP contribution in [0.4, 0.5) is 10.1 Å². The number of carbonyl (C=O) groups excluding carboxylic acids is 2. The third kappa shape index (κ3) is 6.14. The first kappa shape index (κ1) is 27.3. The predicted octanol–water partition coefficient (Wildman–Crippen LogP) is 4.39. The zero-order valence-corrected chi connectivity index (χ0v) is 22.4. The highest BCUT2D eigenvalue weighted by molar-refractivity contribution is 5.99. The van der Waals surface area contributed by atoms with Gasteiger partial charge in [-0.1, -0.05) is 35.5 Å². The first-order valence-electron chi connectivity index (χ1n) is 12.7. The number of carbonyl (C=O) groups is 2. The standard InChI is InChI=1S/C30H27FN6O4/c1-40-23-13-14-25(27(16-23)41-2)33-30(39)29(21-9-11-22(31)12-10-21)36(18-20-6-5-15-32-17-20)28(38)19-37-26-8-4-3-7-24(26)34-35-37/h3-17,29H,18-19H2,1-2H3,(H,33,39)/t29-/m0/s1. The Kier molecular flexibility index (Phi) is 8.14. The number of halogens is 1. The second-order valence-electron chi connectivity index (χ2n) is 9.13. The zero-order chi connectivity index (χ0) is 28.8. The largest absolute Gasteiger partial charge is 0.497 e. The maximum absolute atomic E-state index is 14.0. The minimum Gasteiger partial charge on any atom is -0.497 e. The van der Waals surface area contributed by atoms with Gasteiger partial charge in [-0.15, -0.1) is 5.10 Å². The highest BCUT2D eigenvalue weighted by Gasteiger charge is 2.33. The van der Waals surface area contributed by atoms with Crippen LogP contribution in [0, 0.1) is 5.82 Å². The van der Waals surface area contributed by atoms with Gasteiger partial charge in [-0.2, -0.15) is 0 Å². The maximum atomic E-state index is 14.0. The number of para-hydroxylation sites is 1. The minimum absolute atomic E-state index is 0.0501. The van der Waals surface area contributed by atoms with Crippen molar-refractivity contribution < 1.29 is 23.5 Å². The molecule has 1 atom stereocenters. The Morgan fingerprint density at radius 3 is 2.54 bits per heavy atom. The van der Waals surface area contributed by atoms with Gasteiger partial charge in [0.15, 0.2) is 0 Å². The Labute approximate surface area is 235 Å². The molecule has 0 spiro atoms. The Hall–Kier alpha value is -5.32. The normalized spacial score (nSPS) is 11.6. The van der Waals surface area contributed by atoms with E-state index in [0.29, 0.717) is 39.3 Å². The van der Waals surface area contributed by atoms with Crippen molar-refractivity contribution in [3.05, 3.63) is 108 Å². The number of pyridine rings is 1. The number of amides is 2. The van der Waals surface area contributed by atoms with E-state index in [-0.39, 0.29) is 13.1 Å². The number of hydrogen-bond acceptors (Lipinski definition) is 7. The van der Waals surface area contributed by atoms with Crippen LogP contribution in [-0.2, 0) is 22.7 Å². The van der Waals surface area contributed by atoms with E-state index in [1.807, 2.05) is 24.3 Å². The molecule has 41 heavy (non-hydrogen) atoms. The van der Waals surface area contributed by atoms with Gasteiger partial charge < -0.3 is 19.7 Å². The summed E-state index contributed by atoms with van der Waals surface area (Å²) in [5, 5.41) is 11.2. The van der Waals surface area contributed by atoms with Gasteiger partial charge >= 0.3 is 0 Å². The molecule has 0 saturated carbocycles. The van der Waals surface area contributed by atoms with Crippen LogP contribution in [0.1, 0.15) is 17.2 Å². The molecule has 11 heteroatoms. The number of anilines is 1. The lowest BCUT2D eigenvalue weighted by molar-refractivity contribution is -0.140. The van der Waals surface area contributed by atoms with Crippen LogP contribution in [0.2, 0.25) is 0 Å². The summed E-state index contributed by atoms with van der Waals surface area (Å²) < 4.78 is 26.1. The second kappa shape index (κ2) is 12.2. The van der Waals surface area contributed by atoms with Gasteiger partial charge in [0.05, 0.1) is 25.4 Å². The predicted molar refractivity (Wildman–Crippen MR) is 150 cm³/mol. The molecular weight excluding hydrogens is 527 g/mol. The average Bonchev–Trinajstić information content (AvgIpc) is 3.41. The van der Waals surface area contributed by atoms with E-state index in [9.17, 15) is 14.0 Å². The summed E-state index contributed by atoms with van der Waals surface area (Å²) in [5.74, 6) is -0.487. The lowest BCUT2D eigenvalue weighted by atomic mass is 10.0. The number of fused-ring (bicyclic) bond motifs is 1. The molecular formula is C30H27FN6O4. The fourth-order valence-corrected chi connectivity index (χ4v) is 4.49. The van der Waals surface area contributed by atoms with Gasteiger partial charge in [-0.3, -0.25) is 14.6 Å². The molecule has 0 fully saturated rings. The minimum atomic E-state index is -1.15. The fraction of sp³-hybridized carbons (Fsp3) is 0.167. The van der Waals surface area contributed by atoms with Gasteiger partial charge in [0.1, 0.15) is 35.4 Å². The molecule has 0 radical (unpaired) electrons. The molecule has 2 amide bonds. The van der Waals surface area contributed by atoms with Crippen molar-refractivity contribution in [1.29, 1.82) is 0 Å². The molecule has 0 saturated heterocycles. The van der Waals surface area contributed by atoms with Gasteiger partial charge in [-0.05, 0) is 53.6 Å². The summed E-state index contributed by atoms with van der Waals surface area (Å²) in [5.41, 5.74) is 2.80. The number of aromatic nitrogens is 4. The highest BCUT2D eigenvalue weighted by Crippen LogP contribution is 2.32. The SMILES string of the molecule is COc1ccc(NC(=O)[C@H](c2ccc(F)cc2)N(Cc2cccnc2)C(=O)Cn2nnc3ccccc32)c(OC)c1. The number of methoxy groups -OCH3 is 2. The first-order valence-corrected chi connectivity index (χ1v) is 12.7. The van der Waals surface area contributed by atoms with Crippen LogP contribution >= 0.6 is 0 Å². The van der Waals surface area contributed by atoms with E-state index < -0.39 is 23.7 Å². The molecule has 5 aromatic rings. The van der Waals surface area contributed by atoms with Crippen molar-refractivity contribution in [1.82, 2.24) is 24.9 Å². The molecule has 1 N–H and O–H groups in total. The Morgan fingerprint density at radius 1 is 1.00 bits per heavy atom. The van der Waals surface area contributed by atoms with E-state index in [4.69, 9.17) is 9.47 Å². The van der Waals surface area contributed by atoms with Crippen molar-refractivity contribution >= 4 is 28.5 Å². The number of nitrogens with one attached hydrogen (secondary N) is 1. The Morgan fingerprint density at radius 2 is 1.80 bits per heavy atom. The summed E-state index contributed by atoms with van der Waals surface area (Å²) in [6.45, 7) is -0.133. The molecule has 10 nitrogen and oxygen atoms in total. The molecule has 0 aliphatic heterocycles.